The number of carbonyl (C=O) groups is 1. The third-order valence-electron chi connectivity index (χ3n) is 9.15. The molecule has 1 unspecified atom stereocenters. The molecule has 7 rings (SSSR count). The van der Waals surface area contributed by atoms with Gasteiger partial charge in [0.2, 0.25) is 0 Å². The number of ketones is 1. The predicted octanol–water partition coefficient (Wildman–Crippen LogP) is 7.72. The predicted molar refractivity (Wildman–Crippen MR) is 161 cm³/mol. The largest absolute Gasteiger partial charge is 0.355 e. The molecule has 1 saturated heterocycles. The standard InChI is InChI=1S/C32H37N5OS/c38-30(32(12-13-32)20-37-15-3-1-2-4-16-37)17-22-5-7-23(8-6-22)28-19-25-26(11-14-33-31(25)36-28)35-24-9-10-27-29(18-24)39-21-34-27/h7,9-11,14,18-19,21-22H,1-6,8,12-13,15-17,20H2,(H2,33,35,36). The zero-order chi connectivity index (χ0) is 26.2. The molecule has 1 atom stereocenters. The molecule has 0 amide bonds. The average molecular weight is 540 g/mol. The van der Waals surface area contributed by atoms with Crippen molar-refractivity contribution < 1.29 is 4.79 Å². The van der Waals surface area contributed by atoms with E-state index < -0.39 is 0 Å². The zero-order valence-electron chi connectivity index (χ0n) is 22.5. The topological polar surface area (TPSA) is 73.9 Å². The number of allylic oxidation sites excluding steroid dienone is 2. The van der Waals surface area contributed by atoms with Crippen molar-refractivity contribution >= 4 is 55.3 Å². The molecule has 2 aliphatic carbocycles. The highest BCUT2D eigenvalue weighted by atomic mass is 32.1. The van der Waals surface area contributed by atoms with Crippen LogP contribution in [0, 0.1) is 11.3 Å². The first kappa shape index (κ1) is 25.0. The fourth-order valence-electron chi connectivity index (χ4n) is 6.59. The minimum atomic E-state index is -0.0227. The summed E-state index contributed by atoms with van der Waals surface area (Å²) in [6.45, 7) is 3.38. The smallest absolute Gasteiger partial charge is 0.140 e. The number of hydrogen-bond donors (Lipinski definition) is 2. The van der Waals surface area contributed by atoms with E-state index in [-0.39, 0.29) is 5.41 Å². The number of thiazole rings is 1. The van der Waals surface area contributed by atoms with Gasteiger partial charge in [-0.05, 0) is 99.9 Å². The number of aromatic nitrogens is 3. The lowest BCUT2D eigenvalue weighted by Gasteiger charge is -2.27. The summed E-state index contributed by atoms with van der Waals surface area (Å²) >= 11 is 1.65. The van der Waals surface area contributed by atoms with Gasteiger partial charge in [0.25, 0.3) is 0 Å². The molecule has 6 nitrogen and oxygen atoms in total. The van der Waals surface area contributed by atoms with Gasteiger partial charge in [-0.1, -0.05) is 18.9 Å². The Bertz CT molecular complexity index is 1520. The van der Waals surface area contributed by atoms with Crippen LogP contribution in [0.25, 0.3) is 26.8 Å². The molecule has 2 fully saturated rings. The van der Waals surface area contributed by atoms with Crippen LogP contribution in [-0.4, -0.2) is 45.3 Å². The van der Waals surface area contributed by atoms with E-state index in [9.17, 15) is 4.79 Å². The first-order chi connectivity index (χ1) is 19.1. The van der Waals surface area contributed by atoms with Crippen molar-refractivity contribution in [1.29, 1.82) is 0 Å². The Hall–Kier alpha value is -3.03. The third kappa shape index (κ3) is 5.27. The van der Waals surface area contributed by atoms with Gasteiger partial charge >= 0.3 is 0 Å². The van der Waals surface area contributed by atoms with Crippen LogP contribution < -0.4 is 5.32 Å². The summed E-state index contributed by atoms with van der Waals surface area (Å²) in [6, 6.07) is 10.5. The van der Waals surface area contributed by atoms with Crippen molar-refractivity contribution in [3.05, 3.63) is 53.8 Å². The average Bonchev–Trinajstić information content (AvgIpc) is 3.48. The number of benzene rings is 1. The van der Waals surface area contributed by atoms with Gasteiger partial charge in [-0.3, -0.25) is 4.79 Å². The molecule has 202 valence electrons. The third-order valence-corrected chi connectivity index (χ3v) is 9.94. The van der Waals surface area contributed by atoms with Crippen molar-refractivity contribution in [1.82, 2.24) is 19.9 Å². The molecule has 1 aromatic carbocycles. The molecule has 3 aromatic heterocycles. The molecule has 1 aliphatic heterocycles. The highest BCUT2D eigenvalue weighted by Crippen LogP contribution is 2.49. The molecule has 3 aliphatic rings. The summed E-state index contributed by atoms with van der Waals surface area (Å²) in [4.78, 5) is 28.5. The van der Waals surface area contributed by atoms with Crippen LogP contribution in [0.1, 0.15) is 69.9 Å². The maximum Gasteiger partial charge on any atom is 0.140 e. The van der Waals surface area contributed by atoms with Crippen molar-refractivity contribution in [3.63, 3.8) is 0 Å². The lowest BCUT2D eigenvalue weighted by molar-refractivity contribution is -0.125. The van der Waals surface area contributed by atoms with E-state index in [0.29, 0.717) is 11.7 Å². The Morgan fingerprint density at radius 3 is 2.77 bits per heavy atom. The number of nitrogens with zero attached hydrogens (tertiary/aromatic N) is 3. The summed E-state index contributed by atoms with van der Waals surface area (Å²) < 4.78 is 1.18. The van der Waals surface area contributed by atoms with E-state index in [1.165, 1.54) is 49.0 Å². The van der Waals surface area contributed by atoms with Crippen LogP contribution in [0.15, 0.2) is 48.1 Å². The molecule has 0 bridgehead atoms. The number of likely N-dealkylation sites (tertiary alicyclic amines) is 1. The molecular formula is C32H37N5OS. The van der Waals surface area contributed by atoms with Crippen molar-refractivity contribution in [3.8, 4) is 0 Å². The molecule has 7 heteroatoms. The molecule has 39 heavy (non-hydrogen) atoms. The van der Waals surface area contributed by atoms with E-state index in [4.69, 9.17) is 0 Å². The SMILES string of the molecule is O=C(CC1CC=C(c2cc3c(Nc4ccc5ncsc5c4)ccnc3[nH]2)CC1)C1(CN2CCCCCC2)CC1. The van der Waals surface area contributed by atoms with Gasteiger partial charge in [0.1, 0.15) is 11.4 Å². The van der Waals surface area contributed by atoms with Crippen LogP contribution >= 0.6 is 11.3 Å². The number of carbonyl (C=O) groups excluding carboxylic acids is 1. The fraction of sp³-hybridized carbons (Fsp3) is 0.469. The number of rotatable bonds is 8. The Morgan fingerprint density at radius 1 is 1.10 bits per heavy atom. The second-order valence-electron chi connectivity index (χ2n) is 11.9. The van der Waals surface area contributed by atoms with Gasteiger partial charge in [0.15, 0.2) is 0 Å². The van der Waals surface area contributed by atoms with Crippen LogP contribution in [0.3, 0.4) is 0 Å². The fourth-order valence-corrected chi connectivity index (χ4v) is 7.31. The van der Waals surface area contributed by atoms with E-state index in [0.717, 1.165) is 78.7 Å². The van der Waals surface area contributed by atoms with Gasteiger partial charge in [-0.15, -0.1) is 11.3 Å². The summed E-state index contributed by atoms with van der Waals surface area (Å²) in [6.07, 6.45) is 15.6. The summed E-state index contributed by atoms with van der Waals surface area (Å²) in [5.41, 5.74) is 8.39. The van der Waals surface area contributed by atoms with Gasteiger partial charge < -0.3 is 15.2 Å². The van der Waals surface area contributed by atoms with E-state index in [1.54, 1.807) is 11.3 Å². The van der Waals surface area contributed by atoms with Gasteiger partial charge in [0.05, 0.1) is 21.4 Å². The second-order valence-corrected chi connectivity index (χ2v) is 12.8. The number of aromatic amines is 1. The number of pyridine rings is 1. The highest BCUT2D eigenvalue weighted by Gasteiger charge is 2.50. The molecular weight excluding hydrogens is 502 g/mol. The summed E-state index contributed by atoms with van der Waals surface area (Å²) in [7, 11) is 0. The van der Waals surface area contributed by atoms with Crippen LogP contribution in [0.5, 0.6) is 0 Å². The molecule has 0 radical (unpaired) electrons. The van der Waals surface area contributed by atoms with E-state index in [1.807, 2.05) is 17.8 Å². The van der Waals surface area contributed by atoms with Gasteiger partial charge in [-0.25, -0.2) is 9.97 Å². The lowest BCUT2D eigenvalue weighted by atomic mass is 9.82. The summed E-state index contributed by atoms with van der Waals surface area (Å²) in [5, 5.41) is 4.68. The molecule has 4 heterocycles. The second kappa shape index (κ2) is 10.5. The van der Waals surface area contributed by atoms with Gasteiger partial charge in [0, 0.05) is 41.3 Å². The number of fused-ring (bicyclic) bond motifs is 2. The number of anilines is 2. The Kier molecular flexibility index (Phi) is 6.73. The first-order valence-electron chi connectivity index (χ1n) is 14.7. The minimum Gasteiger partial charge on any atom is -0.355 e. The van der Waals surface area contributed by atoms with Crippen molar-refractivity contribution in [2.75, 3.05) is 25.0 Å². The Morgan fingerprint density at radius 2 is 1.97 bits per heavy atom. The number of hydrogen-bond acceptors (Lipinski definition) is 6. The lowest BCUT2D eigenvalue weighted by Crippen LogP contribution is -2.36. The van der Waals surface area contributed by atoms with Crippen LogP contribution in [-0.2, 0) is 4.79 Å². The zero-order valence-corrected chi connectivity index (χ0v) is 23.4. The van der Waals surface area contributed by atoms with Crippen LogP contribution in [0.2, 0.25) is 0 Å². The highest BCUT2D eigenvalue weighted by molar-refractivity contribution is 7.16. The van der Waals surface area contributed by atoms with Crippen LogP contribution in [0.4, 0.5) is 11.4 Å². The van der Waals surface area contributed by atoms with Gasteiger partial charge in [-0.2, -0.15) is 0 Å². The molecule has 4 aromatic rings. The normalized spacial score (nSPS) is 21.5. The molecule has 0 spiro atoms. The van der Waals surface area contributed by atoms with E-state index >= 15 is 0 Å². The van der Waals surface area contributed by atoms with E-state index in [2.05, 4.69) is 55.5 Å². The minimum absolute atomic E-state index is 0.0227. The van der Waals surface area contributed by atoms with Crippen molar-refractivity contribution in [2.24, 2.45) is 11.3 Å². The maximum absolute atomic E-state index is 13.4. The number of H-pyrrole nitrogens is 1. The Balaban J connectivity index is 1.01. The number of Topliss-reactive ketones (excluding diaryl/α,β-unsaturated/α-hetero) is 1. The molecule has 1 saturated carbocycles. The quantitative estimate of drug-likeness (QED) is 0.240. The maximum atomic E-state index is 13.4. The first-order valence-corrected chi connectivity index (χ1v) is 15.6. The monoisotopic (exact) mass is 539 g/mol. The summed E-state index contributed by atoms with van der Waals surface area (Å²) in [5.74, 6) is 1.01. The number of nitrogens with one attached hydrogen (secondary N) is 2. The Labute approximate surface area is 233 Å². The molecule has 2 N–H and O–H groups in total. The van der Waals surface area contributed by atoms with Crippen molar-refractivity contribution in [2.45, 2.75) is 64.2 Å².